The minimum atomic E-state index is -0.588. The van der Waals surface area contributed by atoms with Crippen LogP contribution in [0.4, 0.5) is 5.82 Å². The third-order valence-corrected chi connectivity index (χ3v) is 5.95. The van der Waals surface area contributed by atoms with Crippen LogP contribution in [-0.4, -0.2) is 27.2 Å². The lowest BCUT2D eigenvalue weighted by Crippen LogP contribution is -2.35. The first kappa shape index (κ1) is 24.5. The number of hydrogen-bond donors (Lipinski definition) is 2. The highest BCUT2D eigenvalue weighted by Gasteiger charge is 2.22. The Balaban J connectivity index is 1.47. The Bertz CT molecular complexity index is 1420. The second kappa shape index (κ2) is 11.2. The number of rotatable bonds is 8. The Morgan fingerprint density at radius 3 is 2.39 bits per heavy atom. The fourth-order valence-electron chi connectivity index (χ4n) is 3.77. The average molecular weight is 479 g/mol. The number of hydrogen-bond acceptors (Lipinski definition) is 6. The molecule has 0 aliphatic carbocycles. The molecular formula is C28H26N6O2. The minimum absolute atomic E-state index is 0.126. The van der Waals surface area contributed by atoms with Crippen molar-refractivity contribution in [3.63, 3.8) is 0 Å². The van der Waals surface area contributed by atoms with Gasteiger partial charge >= 0.3 is 0 Å². The van der Waals surface area contributed by atoms with Gasteiger partial charge in [-0.3, -0.25) is 9.59 Å². The van der Waals surface area contributed by atoms with E-state index < -0.39 is 6.04 Å². The topological polar surface area (TPSA) is 113 Å². The van der Waals surface area contributed by atoms with Crippen LogP contribution in [0.3, 0.4) is 0 Å². The number of carbonyl (C=O) groups is 1. The summed E-state index contributed by atoms with van der Waals surface area (Å²) in [5.41, 5.74) is 3.71. The largest absolute Gasteiger partial charge is 0.309 e. The van der Waals surface area contributed by atoms with E-state index in [-0.39, 0.29) is 17.4 Å². The predicted molar refractivity (Wildman–Crippen MR) is 138 cm³/mol. The lowest BCUT2D eigenvalue weighted by molar-refractivity contribution is -0.118. The molecule has 0 aliphatic rings. The molecule has 36 heavy (non-hydrogen) atoms. The van der Waals surface area contributed by atoms with E-state index in [0.29, 0.717) is 23.5 Å². The van der Waals surface area contributed by atoms with Crippen molar-refractivity contribution < 1.29 is 4.79 Å². The maximum absolute atomic E-state index is 13.3. The van der Waals surface area contributed by atoms with Gasteiger partial charge in [0.2, 0.25) is 5.91 Å². The number of aromatic nitrogens is 3. The molecule has 180 valence electrons. The molecule has 2 atom stereocenters. The molecule has 4 aromatic rings. The molecule has 2 N–H and O–H groups in total. The summed E-state index contributed by atoms with van der Waals surface area (Å²) in [7, 11) is 1.59. The van der Waals surface area contributed by atoms with Gasteiger partial charge in [-0.05, 0) is 41.3 Å². The van der Waals surface area contributed by atoms with Crippen LogP contribution < -0.4 is 16.2 Å². The van der Waals surface area contributed by atoms with E-state index in [1.807, 2.05) is 42.5 Å². The van der Waals surface area contributed by atoms with E-state index in [2.05, 4.69) is 33.7 Å². The number of carbonyl (C=O) groups excluding carboxylic acids is 1. The smallest absolute Gasteiger partial charge is 0.267 e. The zero-order valence-corrected chi connectivity index (χ0v) is 20.1. The first-order valence-electron chi connectivity index (χ1n) is 11.5. The number of nitrogens with zero attached hydrogens (tertiary/aromatic N) is 4. The molecule has 0 fully saturated rings. The number of anilines is 1. The third-order valence-electron chi connectivity index (χ3n) is 5.95. The van der Waals surface area contributed by atoms with Gasteiger partial charge in [-0.15, -0.1) is 0 Å². The van der Waals surface area contributed by atoms with Gasteiger partial charge < -0.3 is 10.6 Å². The van der Waals surface area contributed by atoms with Crippen LogP contribution >= 0.6 is 0 Å². The summed E-state index contributed by atoms with van der Waals surface area (Å²) in [4.78, 5) is 29.5. The highest BCUT2D eigenvalue weighted by Crippen LogP contribution is 2.21. The van der Waals surface area contributed by atoms with E-state index >= 15 is 0 Å². The maximum Gasteiger partial charge on any atom is 0.267 e. The summed E-state index contributed by atoms with van der Waals surface area (Å²) >= 11 is 0. The number of nitriles is 1. The average Bonchev–Trinajstić information content (AvgIpc) is 2.91. The minimum Gasteiger partial charge on any atom is -0.309 e. The second-order valence-corrected chi connectivity index (χ2v) is 8.51. The Labute approximate surface area is 209 Å². The first-order chi connectivity index (χ1) is 17.4. The monoisotopic (exact) mass is 478 g/mol. The molecule has 0 aliphatic heterocycles. The fourth-order valence-corrected chi connectivity index (χ4v) is 3.77. The van der Waals surface area contributed by atoms with Crippen molar-refractivity contribution in [3.8, 4) is 17.2 Å². The van der Waals surface area contributed by atoms with Gasteiger partial charge in [0.1, 0.15) is 11.9 Å². The summed E-state index contributed by atoms with van der Waals surface area (Å²) in [5.74, 6) is 0.300. The summed E-state index contributed by atoms with van der Waals surface area (Å²) in [6, 6.07) is 23.5. The summed E-state index contributed by atoms with van der Waals surface area (Å²) in [6.07, 6.45) is 3.20. The highest BCUT2D eigenvalue weighted by atomic mass is 16.2. The Morgan fingerprint density at radius 2 is 1.75 bits per heavy atom. The summed E-state index contributed by atoms with van der Waals surface area (Å²) in [6.45, 7) is 2.63. The van der Waals surface area contributed by atoms with E-state index in [4.69, 9.17) is 5.26 Å². The number of pyridine rings is 1. The van der Waals surface area contributed by atoms with Crippen LogP contribution in [0.15, 0.2) is 90.0 Å². The van der Waals surface area contributed by atoms with Crippen LogP contribution in [0, 0.1) is 11.3 Å². The van der Waals surface area contributed by atoms with Crippen molar-refractivity contribution in [1.29, 1.82) is 5.26 Å². The Morgan fingerprint density at radius 1 is 1.00 bits per heavy atom. The number of aryl methyl sites for hydroxylation is 1. The van der Waals surface area contributed by atoms with Crippen LogP contribution in [0.5, 0.6) is 0 Å². The molecule has 0 saturated carbocycles. The zero-order valence-electron chi connectivity index (χ0n) is 20.1. The van der Waals surface area contributed by atoms with Crippen LogP contribution in [-0.2, 0) is 11.8 Å². The molecule has 2 aromatic heterocycles. The zero-order chi connectivity index (χ0) is 25.5. The molecule has 0 spiro atoms. The van der Waals surface area contributed by atoms with E-state index in [1.54, 1.807) is 43.7 Å². The molecule has 1 amide bonds. The fraction of sp³-hybridized carbons (Fsp3) is 0.179. The Hall–Kier alpha value is -4.61. The van der Waals surface area contributed by atoms with E-state index in [9.17, 15) is 9.59 Å². The van der Waals surface area contributed by atoms with Gasteiger partial charge in [-0.2, -0.15) is 10.4 Å². The number of benzene rings is 2. The van der Waals surface area contributed by atoms with Crippen molar-refractivity contribution >= 4 is 11.7 Å². The lowest BCUT2D eigenvalue weighted by atomic mass is 9.98. The lowest BCUT2D eigenvalue weighted by Gasteiger charge is -2.21. The van der Waals surface area contributed by atoms with E-state index in [1.165, 1.54) is 10.7 Å². The molecule has 8 nitrogen and oxygen atoms in total. The summed E-state index contributed by atoms with van der Waals surface area (Å²) < 4.78 is 1.25. The molecule has 8 heteroatoms. The SMILES string of the molecule is CC(CNC(C(=O)Nc1ccc(-c2cnn(C)c(=O)c2)cn1)c1ccccc1)c1ccc(C#N)cc1. The van der Waals surface area contributed by atoms with Gasteiger partial charge in [0.15, 0.2) is 0 Å². The molecule has 2 heterocycles. The van der Waals surface area contributed by atoms with Crippen molar-refractivity contribution in [2.45, 2.75) is 18.9 Å². The predicted octanol–water partition coefficient (Wildman–Crippen LogP) is 3.79. The van der Waals surface area contributed by atoms with Crippen molar-refractivity contribution in [1.82, 2.24) is 20.1 Å². The number of nitrogens with one attached hydrogen (secondary N) is 2. The number of amides is 1. The second-order valence-electron chi connectivity index (χ2n) is 8.51. The van der Waals surface area contributed by atoms with Gasteiger partial charge in [0.25, 0.3) is 5.56 Å². The quantitative estimate of drug-likeness (QED) is 0.398. The molecule has 4 rings (SSSR count). The normalized spacial score (nSPS) is 12.4. The van der Waals surface area contributed by atoms with Crippen LogP contribution in [0.1, 0.15) is 35.6 Å². The van der Waals surface area contributed by atoms with Crippen molar-refractivity contribution in [2.24, 2.45) is 7.05 Å². The molecule has 0 bridgehead atoms. The third kappa shape index (κ3) is 5.90. The van der Waals surface area contributed by atoms with Crippen LogP contribution in [0.2, 0.25) is 0 Å². The van der Waals surface area contributed by atoms with Gasteiger partial charge in [-0.25, -0.2) is 9.67 Å². The maximum atomic E-state index is 13.3. The molecular weight excluding hydrogens is 452 g/mol. The van der Waals surface area contributed by atoms with Gasteiger partial charge in [0, 0.05) is 37.0 Å². The van der Waals surface area contributed by atoms with E-state index in [0.717, 1.165) is 16.7 Å². The van der Waals surface area contributed by atoms with Crippen molar-refractivity contribution in [3.05, 3.63) is 112 Å². The van der Waals surface area contributed by atoms with Gasteiger partial charge in [0.05, 0.1) is 17.8 Å². The summed E-state index contributed by atoms with van der Waals surface area (Å²) in [5, 5.41) is 19.3. The molecule has 2 unspecified atom stereocenters. The van der Waals surface area contributed by atoms with Crippen molar-refractivity contribution in [2.75, 3.05) is 11.9 Å². The molecule has 0 saturated heterocycles. The molecule has 0 radical (unpaired) electrons. The van der Waals surface area contributed by atoms with Crippen LogP contribution in [0.25, 0.3) is 11.1 Å². The Kier molecular flexibility index (Phi) is 7.63. The first-order valence-corrected chi connectivity index (χ1v) is 11.5. The molecule has 2 aromatic carbocycles. The van der Waals surface area contributed by atoms with Gasteiger partial charge in [-0.1, -0.05) is 49.4 Å². The standard InChI is InChI=1S/C28H26N6O2/c1-19(21-10-8-20(15-29)9-11-21)16-31-27(22-6-4-3-5-7-22)28(36)33-25-13-12-23(17-30-25)24-14-26(35)34(2)32-18-24/h3-14,17-19,27,31H,16H2,1-2H3,(H,30,33,36). The highest BCUT2D eigenvalue weighted by molar-refractivity contribution is 5.95.